The van der Waals surface area contributed by atoms with Crippen LogP contribution >= 0.6 is 0 Å². The zero-order valence-electron chi connectivity index (χ0n) is 36.5. The van der Waals surface area contributed by atoms with Crippen molar-refractivity contribution in [3.8, 4) is 11.8 Å². The standard InChI is InChI=1S/C45H57N9O8/c1-27(52(8)43(60)62-45(5,6)7)39(55)49-38(44(2,3)4)41(57)53-25-34(54-24-33(50-51-54)26-61-35-17-14-28(15-18-35)20-32(47)23-46)22-37(53)40(56)48-36(42(58)59)21-29-13-16-30-11-9-10-12-31(30)19-29/h9-19,24,27,32,34,36-38H,20-22,25-26,47H2,1-8H3,(H,48,56)(H,49,55)(H,58,59)/t27?,32?,34-,36?,37-,38?/m0/s1. The van der Waals surface area contributed by atoms with Gasteiger partial charge in [0.2, 0.25) is 17.7 Å². The number of hydrogen-bond acceptors (Lipinski definition) is 11. The van der Waals surface area contributed by atoms with Crippen LogP contribution in [0, 0.1) is 16.7 Å². The number of amides is 4. The van der Waals surface area contributed by atoms with Gasteiger partial charge in [-0.05, 0) is 67.1 Å². The summed E-state index contributed by atoms with van der Waals surface area (Å²) in [6.07, 6.45) is 1.38. The summed E-state index contributed by atoms with van der Waals surface area (Å²) in [6.45, 7) is 12.0. The van der Waals surface area contributed by atoms with Crippen LogP contribution in [0.3, 0.4) is 0 Å². The smallest absolute Gasteiger partial charge is 0.410 e. The first-order valence-corrected chi connectivity index (χ1v) is 20.5. The van der Waals surface area contributed by atoms with Crippen molar-refractivity contribution in [1.29, 1.82) is 5.26 Å². The van der Waals surface area contributed by atoms with E-state index >= 15 is 0 Å². The number of aliphatic carboxylic acids is 1. The second kappa shape index (κ2) is 19.4. The van der Waals surface area contributed by atoms with E-state index in [4.69, 9.17) is 20.5 Å². The van der Waals surface area contributed by atoms with Gasteiger partial charge in [-0.3, -0.25) is 19.3 Å². The van der Waals surface area contributed by atoms with Crippen LogP contribution in [0.15, 0.2) is 72.9 Å². The molecular formula is C45H57N9O8. The molecule has 3 aromatic carbocycles. The molecule has 330 valence electrons. The van der Waals surface area contributed by atoms with Crippen molar-refractivity contribution >= 4 is 40.6 Å². The van der Waals surface area contributed by atoms with E-state index in [0.717, 1.165) is 21.2 Å². The van der Waals surface area contributed by atoms with Crippen molar-refractivity contribution in [3.05, 3.63) is 89.7 Å². The van der Waals surface area contributed by atoms with Crippen molar-refractivity contribution < 1.29 is 38.6 Å². The minimum Gasteiger partial charge on any atom is -0.487 e. The fraction of sp³-hybridized carbons (Fsp3) is 0.467. The second-order valence-electron chi connectivity index (χ2n) is 17.8. The molecule has 62 heavy (non-hydrogen) atoms. The summed E-state index contributed by atoms with van der Waals surface area (Å²) in [7, 11) is 1.43. The number of fused-ring (bicyclic) bond motifs is 1. The van der Waals surface area contributed by atoms with Gasteiger partial charge in [0, 0.05) is 32.9 Å². The number of aromatic nitrogens is 3. The van der Waals surface area contributed by atoms with Crippen molar-refractivity contribution in [2.24, 2.45) is 11.1 Å². The van der Waals surface area contributed by atoms with Crippen LogP contribution in [-0.2, 0) is 43.4 Å². The van der Waals surface area contributed by atoms with Crippen LogP contribution in [0.2, 0.25) is 0 Å². The Bertz CT molecular complexity index is 2290. The van der Waals surface area contributed by atoms with Gasteiger partial charge in [-0.2, -0.15) is 5.26 Å². The van der Waals surface area contributed by atoms with Crippen molar-refractivity contribution in [2.75, 3.05) is 13.6 Å². The molecule has 6 atom stereocenters. The topological polar surface area (TPSA) is 235 Å². The number of carboxylic acids is 1. The molecule has 1 aliphatic heterocycles. The van der Waals surface area contributed by atoms with Crippen LogP contribution in [0.1, 0.15) is 77.7 Å². The molecule has 0 spiro atoms. The molecule has 1 fully saturated rings. The summed E-state index contributed by atoms with van der Waals surface area (Å²) in [5, 5.41) is 35.3. The van der Waals surface area contributed by atoms with Crippen molar-refractivity contribution in [2.45, 2.75) is 116 Å². The highest BCUT2D eigenvalue weighted by molar-refractivity contribution is 5.95. The lowest BCUT2D eigenvalue weighted by atomic mass is 9.85. The van der Waals surface area contributed by atoms with Crippen LogP contribution in [0.4, 0.5) is 4.79 Å². The molecule has 5 N–H and O–H groups in total. The number of ether oxygens (including phenoxy) is 2. The highest BCUT2D eigenvalue weighted by atomic mass is 16.6. The van der Waals surface area contributed by atoms with E-state index < -0.39 is 77.1 Å². The molecule has 1 saturated heterocycles. The number of nitrogens with one attached hydrogen (secondary N) is 2. The first kappa shape index (κ1) is 46.5. The van der Waals surface area contributed by atoms with Gasteiger partial charge in [0.05, 0.1) is 24.3 Å². The highest BCUT2D eigenvalue weighted by Gasteiger charge is 2.47. The lowest BCUT2D eigenvalue weighted by Gasteiger charge is -2.37. The number of carbonyl (C=O) groups excluding carboxylic acids is 4. The summed E-state index contributed by atoms with van der Waals surface area (Å²) in [5.74, 6) is -2.57. The molecule has 5 rings (SSSR count). The predicted molar refractivity (Wildman–Crippen MR) is 229 cm³/mol. The van der Waals surface area contributed by atoms with E-state index in [9.17, 15) is 29.1 Å². The first-order chi connectivity index (χ1) is 29.1. The Balaban J connectivity index is 1.38. The fourth-order valence-corrected chi connectivity index (χ4v) is 7.05. The maximum atomic E-state index is 14.8. The summed E-state index contributed by atoms with van der Waals surface area (Å²) in [4.78, 5) is 70.7. The molecule has 2 heterocycles. The Morgan fingerprint density at radius 2 is 1.63 bits per heavy atom. The second-order valence-corrected chi connectivity index (χ2v) is 17.8. The molecule has 4 amide bonds. The van der Waals surface area contributed by atoms with Gasteiger partial charge in [0.15, 0.2) is 0 Å². The monoisotopic (exact) mass is 851 g/mol. The molecule has 0 radical (unpaired) electrons. The molecular weight excluding hydrogens is 795 g/mol. The molecule has 0 saturated carbocycles. The van der Waals surface area contributed by atoms with E-state index in [0.29, 0.717) is 23.4 Å². The van der Waals surface area contributed by atoms with E-state index in [1.165, 1.54) is 18.9 Å². The number of likely N-dealkylation sites (N-methyl/N-ethyl adjacent to an activating group) is 1. The van der Waals surface area contributed by atoms with Gasteiger partial charge in [-0.25, -0.2) is 14.3 Å². The number of carbonyl (C=O) groups is 5. The lowest BCUT2D eigenvalue weighted by molar-refractivity contribution is -0.146. The predicted octanol–water partition coefficient (Wildman–Crippen LogP) is 4.14. The number of likely N-dealkylation sites (tertiary alicyclic amines) is 1. The highest BCUT2D eigenvalue weighted by Crippen LogP contribution is 2.32. The molecule has 4 unspecified atom stereocenters. The van der Waals surface area contributed by atoms with E-state index in [1.54, 1.807) is 64.6 Å². The zero-order chi connectivity index (χ0) is 45.5. The van der Waals surface area contributed by atoms with Crippen LogP contribution in [-0.4, -0.2) is 109 Å². The summed E-state index contributed by atoms with van der Waals surface area (Å²) in [5.41, 5.74) is 6.11. The quantitative estimate of drug-likeness (QED) is 0.132. The summed E-state index contributed by atoms with van der Waals surface area (Å²) >= 11 is 0. The number of nitriles is 1. The SMILES string of the molecule is CC(C(=O)NC(C(=O)N1C[C@@H](n2cc(COc3ccc(CC(N)C#N)cc3)nn2)C[C@H]1C(=O)NC(Cc1ccc2ccccc2c1)C(=O)O)C(C)(C)C)N(C)C(=O)OC(C)(C)C. The van der Waals surface area contributed by atoms with Crippen molar-refractivity contribution in [1.82, 2.24) is 35.4 Å². The van der Waals surface area contributed by atoms with Gasteiger partial charge in [0.1, 0.15) is 47.8 Å². The Morgan fingerprint density at radius 3 is 2.26 bits per heavy atom. The van der Waals surface area contributed by atoms with Crippen LogP contribution < -0.4 is 21.1 Å². The number of nitrogens with zero attached hydrogens (tertiary/aromatic N) is 6. The van der Waals surface area contributed by atoms with Gasteiger partial charge >= 0.3 is 12.1 Å². The molecule has 0 aliphatic carbocycles. The molecule has 1 aliphatic rings. The minimum absolute atomic E-state index is 0.0116. The molecule has 0 bridgehead atoms. The average Bonchev–Trinajstić information content (AvgIpc) is 3.88. The average molecular weight is 852 g/mol. The molecule has 17 heteroatoms. The van der Waals surface area contributed by atoms with Gasteiger partial charge in [-0.1, -0.05) is 80.6 Å². The number of carboxylic acid groups (broad SMARTS) is 1. The number of nitrogens with two attached hydrogens (primary N) is 1. The maximum absolute atomic E-state index is 14.8. The normalized spacial score (nSPS) is 17.3. The molecule has 4 aromatic rings. The first-order valence-electron chi connectivity index (χ1n) is 20.5. The fourth-order valence-electron chi connectivity index (χ4n) is 7.05. The van der Waals surface area contributed by atoms with Gasteiger partial charge < -0.3 is 35.8 Å². The summed E-state index contributed by atoms with van der Waals surface area (Å²) in [6, 6.07) is 16.6. The third kappa shape index (κ3) is 12.1. The number of hydrogen-bond donors (Lipinski definition) is 4. The van der Waals surface area contributed by atoms with Crippen LogP contribution in [0.5, 0.6) is 5.75 Å². The Kier molecular flexibility index (Phi) is 14.6. The maximum Gasteiger partial charge on any atom is 0.410 e. The lowest BCUT2D eigenvalue weighted by Crippen LogP contribution is -2.60. The zero-order valence-corrected chi connectivity index (χ0v) is 36.5. The third-order valence-electron chi connectivity index (χ3n) is 10.6. The van der Waals surface area contributed by atoms with Gasteiger partial charge in [-0.15, -0.1) is 5.10 Å². The third-order valence-corrected chi connectivity index (χ3v) is 10.6. The molecule has 1 aromatic heterocycles. The van der Waals surface area contributed by atoms with E-state index in [-0.39, 0.29) is 26.0 Å². The van der Waals surface area contributed by atoms with Crippen molar-refractivity contribution in [3.63, 3.8) is 0 Å². The van der Waals surface area contributed by atoms with E-state index in [2.05, 4.69) is 20.9 Å². The van der Waals surface area contributed by atoms with Gasteiger partial charge in [0.25, 0.3) is 0 Å². The number of rotatable bonds is 15. The summed E-state index contributed by atoms with van der Waals surface area (Å²) < 4.78 is 12.9. The minimum atomic E-state index is -1.32. The largest absolute Gasteiger partial charge is 0.487 e. The Labute approximate surface area is 361 Å². The van der Waals surface area contributed by atoms with E-state index in [1.807, 2.05) is 60.7 Å². The number of benzene rings is 3. The Hall–Kier alpha value is -6.54. The Morgan fingerprint density at radius 1 is 0.968 bits per heavy atom. The van der Waals surface area contributed by atoms with Crippen LogP contribution in [0.25, 0.3) is 10.8 Å². The molecule has 17 nitrogen and oxygen atoms in total.